The first kappa shape index (κ1) is 29.0. The average Bonchev–Trinajstić information content (AvgIpc) is 3.73. The summed E-state index contributed by atoms with van der Waals surface area (Å²) in [7, 11) is 0. The van der Waals surface area contributed by atoms with Gasteiger partial charge in [0.15, 0.2) is 0 Å². The van der Waals surface area contributed by atoms with Crippen LogP contribution in [0.15, 0.2) is 0 Å². The van der Waals surface area contributed by atoms with Gasteiger partial charge in [0.1, 0.15) is 0 Å². The molecule has 9 rings (SSSR count). The van der Waals surface area contributed by atoms with Crippen LogP contribution < -0.4 is 42.5 Å². The van der Waals surface area contributed by atoms with Crippen molar-refractivity contribution >= 4 is 0 Å². The maximum absolute atomic E-state index is 4.26. The van der Waals surface area contributed by atoms with Gasteiger partial charge in [0.2, 0.25) is 0 Å². The number of rotatable bonds is 0. The van der Waals surface area contributed by atoms with Crippen LogP contribution in [0.2, 0.25) is 0 Å². The summed E-state index contributed by atoms with van der Waals surface area (Å²) in [6.07, 6.45) is 25.6. The molecule has 41 heavy (non-hydrogen) atoms. The van der Waals surface area contributed by atoms with Crippen molar-refractivity contribution < 1.29 is 27.3 Å². The molecule has 0 aromatic rings. The van der Waals surface area contributed by atoms with E-state index in [-0.39, 0.29) is 27.3 Å². The van der Waals surface area contributed by atoms with Crippen LogP contribution in [-0.4, -0.2) is 49.3 Å². The molecular formula is C32H56CdN8. The number of hydrogen-bond acceptors (Lipinski definition) is 8. The van der Waals surface area contributed by atoms with Crippen molar-refractivity contribution in [3.63, 3.8) is 0 Å². The van der Waals surface area contributed by atoms with E-state index in [9.17, 15) is 0 Å². The molecule has 8 N–H and O–H groups in total. The quantitative estimate of drug-likeness (QED) is 0.188. The van der Waals surface area contributed by atoms with Crippen LogP contribution >= 0.6 is 0 Å². The molecule has 5 heterocycles. The van der Waals surface area contributed by atoms with Crippen LogP contribution in [0.25, 0.3) is 0 Å². The molecule has 9 heteroatoms. The minimum absolute atomic E-state index is 0. The molecule has 8 atom stereocenters. The maximum atomic E-state index is 4.26. The fourth-order valence-corrected chi connectivity index (χ4v) is 12.0. The first-order valence-corrected chi connectivity index (χ1v) is 17.9. The molecule has 0 spiro atoms. The monoisotopic (exact) mass is 666 g/mol. The summed E-state index contributed by atoms with van der Waals surface area (Å²) in [6, 6.07) is 0. The normalized spacial score (nSPS) is 56.2. The average molecular weight is 665 g/mol. The third kappa shape index (κ3) is 5.13. The molecule has 9 aliphatic rings. The Hall–Kier alpha value is 0.602. The molecule has 9 fully saturated rings. The molecule has 0 aromatic heterocycles. The summed E-state index contributed by atoms with van der Waals surface area (Å²) < 4.78 is 0. The number of fused-ring (bicyclic) bond motifs is 20. The van der Waals surface area contributed by atoms with Crippen LogP contribution in [0, 0.1) is 47.3 Å². The Balaban J connectivity index is 0.00000256. The van der Waals surface area contributed by atoms with Gasteiger partial charge in [-0.25, -0.2) is 0 Å². The zero-order valence-electron chi connectivity index (χ0n) is 25.3. The fourth-order valence-electron chi connectivity index (χ4n) is 12.0. The van der Waals surface area contributed by atoms with Crippen LogP contribution in [0.5, 0.6) is 0 Å². The third-order valence-electron chi connectivity index (χ3n) is 13.8. The molecule has 4 aliphatic carbocycles. The predicted octanol–water partition coefficient (Wildman–Crippen LogP) is 2.60. The van der Waals surface area contributed by atoms with E-state index in [0.29, 0.717) is 49.3 Å². The SMILES string of the molecule is C1CCC2C3NC(NC4NC(NC5NC(NC6NC(N3)C3CCCCC63)C3CCCCC53)C3CCCCC43)C2C1.[Cd]. The topological polar surface area (TPSA) is 96.2 Å². The molecule has 5 saturated heterocycles. The third-order valence-corrected chi connectivity index (χ3v) is 13.8. The molecular weight excluding hydrogens is 609 g/mol. The standard InChI is InChI=1S/C32H56N8.Cd/c1-2-10-18-17(9-1)25-33-26(18)38-28-21-13-5-6-14-22(21)30(35-28)40-32-24-16-8-7-15-23(24)31(36-32)39-29-20-12-4-3-11-19(20)27(34-29)37-25;/h17-40H,1-16H2;. The summed E-state index contributed by atoms with van der Waals surface area (Å²) in [5.41, 5.74) is 0. The van der Waals surface area contributed by atoms with Crippen LogP contribution in [0.4, 0.5) is 0 Å². The summed E-state index contributed by atoms with van der Waals surface area (Å²) in [5.74, 6) is 5.97. The Morgan fingerprint density at radius 1 is 0.220 bits per heavy atom. The van der Waals surface area contributed by atoms with Gasteiger partial charge in [0.25, 0.3) is 0 Å². The van der Waals surface area contributed by atoms with Crippen molar-refractivity contribution in [3.05, 3.63) is 0 Å². The fraction of sp³-hybridized carbons (Fsp3) is 1.00. The molecule has 0 aromatic carbocycles. The minimum Gasteiger partial charge on any atom is -0.286 e. The van der Waals surface area contributed by atoms with E-state index in [0.717, 1.165) is 47.3 Å². The van der Waals surface area contributed by atoms with Crippen LogP contribution in [-0.2, 0) is 27.3 Å². The van der Waals surface area contributed by atoms with Crippen molar-refractivity contribution in [2.75, 3.05) is 0 Å². The molecule has 0 radical (unpaired) electrons. The van der Waals surface area contributed by atoms with E-state index < -0.39 is 0 Å². The Morgan fingerprint density at radius 2 is 0.341 bits per heavy atom. The van der Waals surface area contributed by atoms with Gasteiger partial charge in [-0.1, -0.05) is 51.4 Å². The molecule has 4 saturated carbocycles. The Bertz CT molecular complexity index is 716. The number of nitrogens with one attached hydrogen (secondary N) is 8. The van der Waals surface area contributed by atoms with E-state index in [1.165, 1.54) is 103 Å². The van der Waals surface area contributed by atoms with E-state index in [1.54, 1.807) is 0 Å². The summed E-state index contributed by atoms with van der Waals surface area (Å²) >= 11 is 0. The minimum atomic E-state index is 0. The number of hydrogen-bond donors (Lipinski definition) is 8. The van der Waals surface area contributed by atoms with Gasteiger partial charge < -0.3 is 0 Å². The Morgan fingerprint density at radius 3 is 0.463 bits per heavy atom. The van der Waals surface area contributed by atoms with Crippen molar-refractivity contribution in [3.8, 4) is 0 Å². The van der Waals surface area contributed by atoms with Gasteiger partial charge in [-0.3, -0.25) is 42.5 Å². The predicted molar refractivity (Wildman–Crippen MR) is 157 cm³/mol. The molecule has 8 unspecified atom stereocenters. The van der Waals surface area contributed by atoms with Crippen molar-refractivity contribution in [1.82, 2.24) is 42.5 Å². The largest absolute Gasteiger partial charge is 0.286 e. The zero-order chi connectivity index (χ0) is 26.2. The van der Waals surface area contributed by atoms with Gasteiger partial charge in [0, 0.05) is 27.3 Å². The first-order valence-electron chi connectivity index (χ1n) is 17.9. The second-order valence-electron chi connectivity index (χ2n) is 15.6. The zero-order valence-corrected chi connectivity index (χ0v) is 29.3. The van der Waals surface area contributed by atoms with Gasteiger partial charge in [-0.15, -0.1) is 0 Å². The van der Waals surface area contributed by atoms with Gasteiger partial charge >= 0.3 is 0 Å². The molecule has 8 nitrogen and oxygen atoms in total. The summed E-state index contributed by atoms with van der Waals surface area (Å²) in [4.78, 5) is 0. The summed E-state index contributed by atoms with van der Waals surface area (Å²) in [6.45, 7) is 0. The van der Waals surface area contributed by atoms with Gasteiger partial charge in [-0.05, 0) is 98.7 Å². The molecule has 0 amide bonds. The van der Waals surface area contributed by atoms with Gasteiger partial charge in [0.05, 0.1) is 49.3 Å². The van der Waals surface area contributed by atoms with Crippen molar-refractivity contribution in [2.24, 2.45) is 47.3 Å². The maximum Gasteiger partial charge on any atom is 0.0628 e. The smallest absolute Gasteiger partial charge is 0.0628 e. The van der Waals surface area contributed by atoms with Gasteiger partial charge in [-0.2, -0.15) is 0 Å². The first-order chi connectivity index (χ1) is 19.8. The van der Waals surface area contributed by atoms with E-state index >= 15 is 0 Å². The summed E-state index contributed by atoms with van der Waals surface area (Å²) in [5, 5.41) is 33.8. The van der Waals surface area contributed by atoms with Crippen LogP contribution in [0.1, 0.15) is 103 Å². The molecule has 8 bridgehead atoms. The van der Waals surface area contributed by atoms with Crippen molar-refractivity contribution in [1.29, 1.82) is 0 Å². The Kier molecular flexibility index (Phi) is 8.55. The van der Waals surface area contributed by atoms with Crippen LogP contribution in [0.3, 0.4) is 0 Å². The van der Waals surface area contributed by atoms with Crippen molar-refractivity contribution in [2.45, 2.75) is 152 Å². The van der Waals surface area contributed by atoms with E-state index in [1.807, 2.05) is 0 Å². The van der Waals surface area contributed by atoms with E-state index in [4.69, 9.17) is 0 Å². The van der Waals surface area contributed by atoms with E-state index in [2.05, 4.69) is 42.5 Å². The second-order valence-corrected chi connectivity index (χ2v) is 15.6. The Labute approximate surface area is 268 Å². The second kappa shape index (κ2) is 12.1. The molecule has 226 valence electrons. The molecule has 5 aliphatic heterocycles.